The molecule has 1 saturated carbocycles. The summed E-state index contributed by atoms with van der Waals surface area (Å²) in [6.07, 6.45) is 6.08. The molecule has 1 N–H and O–H groups in total. The van der Waals surface area contributed by atoms with Gasteiger partial charge in [0.1, 0.15) is 5.92 Å². The van der Waals surface area contributed by atoms with Gasteiger partial charge in [0.2, 0.25) is 5.90 Å². The normalized spacial score (nSPS) is 21.6. The summed E-state index contributed by atoms with van der Waals surface area (Å²) < 4.78 is 5.97. The van der Waals surface area contributed by atoms with Crippen LogP contribution in [0.25, 0.3) is 0 Å². The molecule has 1 fully saturated rings. The number of allylic oxidation sites excluding steroid dienone is 1. The molecule has 42 heavy (non-hydrogen) atoms. The Bertz CT molecular complexity index is 1580. The van der Waals surface area contributed by atoms with Crippen LogP contribution in [0, 0.1) is 12.8 Å². The van der Waals surface area contributed by atoms with Crippen molar-refractivity contribution in [2.75, 3.05) is 6.61 Å². The zero-order valence-electron chi connectivity index (χ0n) is 23.8. The zero-order chi connectivity index (χ0) is 28.7. The smallest absolute Gasteiger partial charge is 0.261 e. The SMILES string of the molecule is Cc1ccc(C2CC(c3ccccc3)CC2/C=C/NC(=O)COC2=NN=C(c3ccccc3)C2c2ccccc2)cc1. The fourth-order valence-corrected chi connectivity index (χ4v) is 6.15. The van der Waals surface area contributed by atoms with E-state index in [0.717, 1.165) is 29.7 Å². The fourth-order valence-electron chi connectivity index (χ4n) is 6.15. The maximum atomic E-state index is 12.9. The van der Waals surface area contributed by atoms with Gasteiger partial charge >= 0.3 is 0 Å². The van der Waals surface area contributed by atoms with Gasteiger partial charge in [-0.3, -0.25) is 4.79 Å². The first-order valence-electron chi connectivity index (χ1n) is 14.6. The summed E-state index contributed by atoms with van der Waals surface area (Å²) in [5, 5.41) is 11.7. The van der Waals surface area contributed by atoms with Crippen LogP contribution in [0.5, 0.6) is 0 Å². The number of nitrogens with zero attached hydrogens (tertiary/aromatic N) is 2. The van der Waals surface area contributed by atoms with Gasteiger partial charge in [0.05, 0.1) is 5.71 Å². The Morgan fingerprint density at radius 2 is 1.43 bits per heavy atom. The maximum absolute atomic E-state index is 12.9. The summed E-state index contributed by atoms with van der Waals surface area (Å²) in [6.45, 7) is 1.98. The number of hydrogen-bond acceptors (Lipinski definition) is 4. The average molecular weight is 554 g/mol. The Labute approximate surface area is 247 Å². The minimum Gasteiger partial charge on any atom is -0.469 e. The molecule has 0 spiro atoms. The van der Waals surface area contributed by atoms with Crippen molar-refractivity contribution in [3.05, 3.63) is 155 Å². The van der Waals surface area contributed by atoms with E-state index in [4.69, 9.17) is 4.74 Å². The second kappa shape index (κ2) is 12.8. The van der Waals surface area contributed by atoms with Crippen molar-refractivity contribution < 1.29 is 9.53 Å². The van der Waals surface area contributed by atoms with E-state index in [1.165, 1.54) is 16.7 Å². The lowest BCUT2D eigenvalue weighted by Gasteiger charge is -2.17. The van der Waals surface area contributed by atoms with E-state index >= 15 is 0 Å². The molecule has 4 aromatic rings. The zero-order valence-corrected chi connectivity index (χ0v) is 23.8. The van der Waals surface area contributed by atoms with E-state index in [1.54, 1.807) is 6.20 Å². The minimum atomic E-state index is -0.263. The number of nitrogens with one attached hydrogen (secondary N) is 1. The topological polar surface area (TPSA) is 63.0 Å². The number of ether oxygens (including phenoxy) is 1. The average Bonchev–Trinajstić information content (AvgIpc) is 3.67. The lowest BCUT2D eigenvalue weighted by molar-refractivity contribution is -0.122. The summed E-state index contributed by atoms with van der Waals surface area (Å²) in [7, 11) is 0. The maximum Gasteiger partial charge on any atom is 0.261 e. The van der Waals surface area contributed by atoms with Gasteiger partial charge in [0.15, 0.2) is 6.61 Å². The molecule has 0 aromatic heterocycles. The summed E-state index contributed by atoms with van der Waals surface area (Å²) in [5.41, 5.74) is 6.81. The van der Waals surface area contributed by atoms with Gasteiger partial charge in [0, 0.05) is 6.20 Å². The number of amides is 1. The summed E-state index contributed by atoms with van der Waals surface area (Å²) in [6, 6.07) is 39.6. The van der Waals surface area contributed by atoms with Crippen LogP contribution in [-0.2, 0) is 9.53 Å². The Balaban J connectivity index is 1.10. The molecular weight excluding hydrogens is 518 g/mol. The number of hydrogen-bond donors (Lipinski definition) is 1. The molecule has 1 aliphatic heterocycles. The number of benzene rings is 4. The van der Waals surface area contributed by atoms with E-state index in [2.05, 4.69) is 83.1 Å². The predicted octanol–water partition coefficient (Wildman–Crippen LogP) is 7.52. The lowest BCUT2D eigenvalue weighted by Crippen LogP contribution is -2.28. The van der Waals surface area contributed by atoms with Crippen molar-refractivity contribution >= 4 is 17.5 Å². The molecule has 1 aliphatic carbocycles. The van der Waals surface area contributed by atoms with E-state index in [0.29, 0.717) is 23.7 Å². The highest BCUT2D eigenvalue weighted by molar-refractivity contribution is 6.19. The number of aryl methyl sites for hydroxylation is 1. The van der Waals surface area contributed by atoms with Crippen LogP contribution in [0.4, 0.5) is 0 Å². The third-order valence-corrected chi connectivity index (χ3v) is 8.31. The van der Waals surface area contributed by atoms with Crippen LogP contribution in [0.3, 0.4) is 0 Å². The molecule has 0 radical (unpaired) electrons. The number of carbonyl (C=O) groups excluding carboxylic acids is 1. The van der Waals surface area contributed by atoms with Crippen molar-refractivity contribution in [2.24, 2.45) is 16.1 Å². The molecule has 4 aromatic carbocycles. The first-order chi connectivity index (χ1) is 20.7. The van der Waals surface area contributed by atoms with E-state index in [1.807, 2.05) is 60.7 Å². The third-order valence-electron chi connectivity index (χ3n) is 8.31. The fraction of sp³-hybridized carbons (Fsp3) is 0.216. The number of carbonyl (C=O) groups is 1. The van der Waals surface area contributed by atoms with Gasteiger partial charge in [-0.2, -0.15) is 5.10 Å². The summed E-state index contributed by atoms with van der Waals surface area (Å²) in [4.78, 5) is 12.9. The van der Waals surface area contributed by atoms with Crippen LogP contribution >= 0.6 is 0 Å². The minimum absolute atomic E-state index is 0.136. The predicted molar refractivity (Wildman–Crippen MR) is 169 cm³/mol. The Morgan fingerprint density at radius 3 is 2.12 bits per heavy atom. The Morgan fingerprint density at radius 1 is 0.786 bits per heavy atom. The summed E-state index contributed by atoms with van der Waals surface area (Å²) in [5.74, 6) is 1.15. The van der Waals surface area contributed by atoms with Crippen molar-refractivity contribution in [1.29, 1.82) is 0 Å². The highest BCUT2D eigenvalue weighted by atomic mass is 16.5. The van der Waals surface area contributed by atoms with Crippen molar-refractivity contribution in [2.45, 2.75) is 37.5 Å². The molecule has 4 unspecified atom stereocenters. The van der Waals surface area contributed by atoms with E-state index in [9.17, 15) is 4.79 Å². The molecule has 0 bridgehead atoms. The molecular formula is C37H35N3O2. The molecule has 4 atom stereocenters. The van der Waals surface area contributed by atoms with Crippen LogP contribution in [-0.4, -0.2) is 24.1 Å². The quantitative estimate of drug-likeness (QED) is 0.245. The molecule has 0 saturated heterocycles. The molecule has 1 amide bonds. The molecule has 2 aliphatic rings. The van der Waals surface area contributed by atoms with Gasteiger partial charge in [-0.25, -0.2) is 0 Å². The van der Waals surface area contributed by atoms with Crippen molar-refractivity contribution in [3.63, 3.8) is 0 Å². The van der Waals surface area contributed by atoms with Crippen LogP contribution in [0.1, 0.15) is 58.4 Å². The van der Waals surface area contributed by atoms with E-state index in [-0.39, 0.29) is 18.4 Å². The van der Waals surface area contributed by atoms with Gasteiger partial charge in [-0.1, -0.05) is 127 Å². The molecule has 5 nitrogen and oxygen atoms in total. The Hall–Kier alpha value is -4.77. The highest BCUT2D eigenvalue weighted by Crippen LogP contribution is 2.48. The van der Waals surface area contributed by atoms with E-state index < -0.39 is 0 Å². The van der Waals surface area contributed by atoms with Crippen LogP contribution < -0.4 is 5.32 Å². The van der Waals surface area contributed by atoms with Crippen molar-refractivity contribution in [1.82, 2.24) is 5.32 Å². The summed E-state index contributed by atoms with van der Waals surface area (Å²) >= 11 is 0. The van der Waals surface area contributed by atoms with Crippen molar-refractivity contribution in [3.8, 4) is 0 Å². The molecule has 5 heteroatoms. The first-order valence-corrected chi connectivity index (χ1v) is 14.6. The monoisotopic (exact) mass is 553 g/mol. The van der Waals surface area contributed by atoms with Crippen LogP contribution in [0.2, 0.25) is 0 Å². The molecule has 6 rings (SSSR count). The number of rotatable bonds is 8. The largest absolute Gasteiger partial charge is 0.469 e. The lowest BCUT2D eigenvalue weighted by atomic mass is 9.88. The highest BCUT2D eigenvalue weighted by Gasteiger charge is 2.35. The van der Waals surface area contributed by atoms with Gasteiger partial charge in [0.25, 0.3) is 5.91 Å². The molecule has 1 heterocycles. The second-order valence-corrected chi connectivity index (χ2v) is 11.1. The van der Waals surface area contributed by atoms with Gasteiger partial charge in [-0.15, -0.1) is 5.10 Å². The Kier molecular flexibility index (Phi) is 8.36. The standard InChI is InChI=1S/C37H35N3O2/c1-26-17-19-28(20-18-26)33-24-32(27-11-5-2-6-12-27)23-31(33)21-22-38-34(41)25-42-37-35(29-13-7-3-8-14-29)36(39-40-37)30-15-9-4-10-16-30/h2-22,31-33,35H,23-25H2,1H3,(H,38,41)/b22-21+. The van der Waals surface area contributed by atoms with Crippen LogP contribution in [0.15, 0.2) is 138 Å². The first kappa shape index (κ1) is 27.4. The van der Waals surface area contributed by atoms with Gasteiger partial charge < -0.3 is 10.1 Å². The second-order valence-electron chi connectivity index (χ2n) is 11.1. The third kappa shape index (κ3) is 6.26. The van der Waals surface area contributed by atoms with Gasteiger partial charge in [-0.05, 0) is 59.8 Å². The molecule has 210 valence electrons.